The van der Waals surface area contributed by atoms with Crippen LogP contribution in [0.1, 0.15) is 59.5 Å². The van der Waals surface area contributed by atoms with Crippen molar-refractivity contribution in [1.82, 2.24) is 4.90 Å². The van der Waals surface area contributed by atoms with Gasteiger partial charge in [0.15, 0.2) is 0 Å². The zero-order valence-electron chi connectivity index (χ0n) is 18.3. The molecule has 1 N–H and O–H groups in total. The number of aromatic carboxylic acids is 1. The third kappa shape index (κ3) is 3.82. The number of ether oxygens (including phenoxy) is 1. The normalized spacial score (nSPS) is 24.0. The first-order chi connectivity index (χ1) is 15.4. The number of benzene rings is 2. The highest BCUT2D eigenvalue weighted by atomic mass is 35.5. The van der Waals surface area contributed by atoms with E-state index in [-0.39, 0.29) is 17.6 Å². The summed E-state index contributed by atoms with van der Waals surface area (Å²) in [4.78, 5) is 26.1. The van der Waals surface area contributed by atoms with E-state index in [0.29, 0.717) is 23.0 Å². The van der Waals surface area contributed by atoms with Gasteiger partial charge in [0.05, 0.1) is 10.6 Å². The first-order valence-corrected chi connectivity index (χ1v) is 11.8. The quantitative estimate of drug-likeness (QED) is 0.683. The van der Waals surface area contributed by atoms with Gasteiger partial charge in [-0.05, 0) is 79.2 Å². The molecule has 2 saturated heterocycles. The summed E-state index contributed by atoms with van der Waals surface area (Å²) in [5.74, 6) is -0.249. The molecule has 1 unspecified atom stereocenters. The second-order valence-corrected chi connectivity index (χ2v) is 9.91. The highest BCUT2D eigenvalue weighted by Crippen LogP contribution is 2.65. The number of halogens is 1. The number of carbonyl (C=O) groups is 2. The summed E-state index contributed by atoms with van der Waals surface area (Å²) < 4.78 is 5.58. The molecule has 32 heavy (non-hydrogen) atoms. The Kier molecular flexibility index (Phi) is 5.50. The Hall–Kier alpha value is -2.37. The zero-order chi connectivity index (χ0) is 22.5. The molecule has 5 rings (SSSR count). The van der Waals surface area contributed by atoms with E-state index in [0.717, 1.165) is 55.5 Å². The van der Waals surface area contributed by atoms with Gasteiger partial charge < -0.3 is 14.7 Å². The molecule has 0 aromatic heterocycles. The number of likely N-dealkylation sites (tertiary alicyclic amines) is 1. The second kappa shape index (κ2) is 8.20. The summed E-state index contributed by atoms with van der Waals surface area (Å²) >= 11 is 6.49. The number of rotatable bonds is 4. The van der Waals surface area contributed by atoms with Gasteiger partial charge in [-0.2, -0.15) is 0 Å². The first-order valence-electron chi connectivity index (χ1n) is 11.4. The number of carboxylic acids is 1. The number of hydrogen-bond donors (Lipinski definition) is 1. The van der Waals surface area contributed by atoms with Crippen molar-refractivity contribution in [3.8, 4) is 11.1 Å². The van der Waals surface area contributed by atoms with Crippen molar-refractivity contribution >= 4 is 23.5 Å². The Morgan fingerprint density at radius 3 is 2.50 bits per heavy atom. The minimum absolute atomic E-state index is 0.176. The Morgan fingerprint density at radius 2 is 1.88 bits per heavy atom. The fourth-order valence-electron chi connectivity index (χ4n) is 5.52. The minimum Gasteiger partial charge on any atom is -0.478 e. The lowest BCUT2D eigenvalue weighted by Crippen LogP contribution is -2.44. The average molecular weight is 454 g/mol. The van der Waals surface area contributed by atoms with E-state index in [9.17, 15) is 14.7 Å². The molecule has 2 aromatic rings. The molecule has 1 aliphatic carbocycles. The Bertz CT molecular complexity index is 1050. The van der Waals surface area contributed by atoms with Crippen molar-refractivity contribution in [3.63, 3.8) is 0 Å². The van der Waals surface area contributed by atoms with Gasteiger partial charge in [0.2, 0.25) is 0 Å². The molecule has 0 bridgehead atoms. The molecular formula is C26H28ClNO4. The van der Waals surface area contributed by atoms with Crippen molar-refractivity contribution in [2.24, 2.45) is 5.41 Å². The highest BCUT2D eigenvalue weighted by molar-refractivity contribution is 6.34. The smallest absolute Gasteiger partial charge is 0.335 e. The molecule has 2 aliphatic heterocycles. The monoisotopic (exact) mass is 453 g/mol. The standard InChI is InChI=1S/C26H28ClNO4/c1-16-13-19(25(30)31)14-20(23(16)27)17-4-6-18(7-5-17)21-15-26(21)8-10-28(11-9-26)24(29)22-3-2-12-32-22/h4-7,13-14,21-22H,2-3,8-12,15H2,1H3,(H,30,31)/t21?,22-/m1/s1. The molecule has 3 aliphatic rings. The largest absolute Gasteiger partial charge is 0.478 e. The Morgan fingerprint density at radius 1 is 1.16 bits per heavy atom. The van der Waals surface area contributed by atoms with Crippen LogP contribution in [-0.4, -0.2) is 47.7 Å². The lowest BCUT2D eigenvalue weighted by molar-refractivity contribution is -0.142. The molecule has 1 amide bonds. The zero-order valence-corrected chi connectivity index (χ0v) is 19.0. The van der Waals surface area contributed by atoms with Gasteiger partial charge in [-0.1, -0.05) is 35.9 Å². The number of carbonyl (C=O) groups excluding carboxylic acids is 1. The number of hydrogen-bond acceptors (Lipinski definition) is 3. The highest BCUT2D eigenvalue weighted by Gasteiger charge is 2.55. The van der Waals surface area contributed by atoms with Crippen LogP contribution in [0.5, 0.6) is 0 Å². The third-order valence-corrected chi connectivity index (χ3v) is 8.09. The van der Waals surface area contributed by atoms with Gasteiger partial charge in [0.1, 0.15) is 6.10 Å². The van der Waals surface area contributed by atoms with Gasteiger partial charge in [-0.3, -0.25) is 4.79 Å². The molecular weight excluding hydrogens is 426 g/mol. The maximum Gasteiger partial charge on any atom is 0.335 e. The third-order valence-electron chi connectivity index (χ3n) is 7.59. The van der Waals surface area contributed by atoms with Crippen LogP contribution >= 0.6 is 11.6 Å². The molecule has 6 heteroatoms. The Balaban J connectivity index is 1.27. The molecule has 0 radical (unpaired) electrons. The maximum atomic E-state index is 12.6. The van der Waals surface area contributed by atoms with Crippen LogP contribution in [-0.2, 0) is 9.53 Å². The van der Waals surface area contributed by atoms with E-state index >= 15 is 0 Å². The molecule has 168 valence electrons. The van der Waals surface area contributed by atoms with Crippen molar-refractivity contribution in [3.05, 3.63) is 58.1 Å². The molecule has 5 nitrogen and oxygen atoms in total. The van der Waals surface area contributed by atoms with Crippen LogP contribution in [0, 0.1) is 12.3 Å². The summed E-state index contributed by atoms with van der Waals surface area (Å²) in [6.45, 7) is 4.18. The van der Waals surface area contributed by atoms with Crippen molar-refractivity contribution in [1.29, 1.82) is 0 Å². The van der Waals surface area contributed by atoms with Gasteiger partial charge in [-0.15, -0.1) is 0 Å². The van der Waals surface area contributed by atoms with E-state index in [1.54, 1.807) is 12.1 Å². The Labute approximate surface area is 193 Å². The molecule has 1 spiro atoms. The van der Waals surface area contributed by atoms with Crippen molar-refractivity contribution in [2.45, 2.75) is 51.0 Å². The van der Waals surface area contributed by atoms with E-state index in [4.69, 9.17) is 16.3 Å². The number of piperidine rings is 1. The average Bonchev–Trinajstić information content (AvgIpc) is 3.21. The van der Waals surface area contributed by atoms with Crippen LogP contribution in [0.25, 0.3) is 11.1 Å². The van der Waals surface area contributed by atoms with Gasteiger partial charge in [-0.25, -0.2) is 4.79 Å². The van der Waals surface area contributed by atoms with E-state index in [1.165, 1.54) is 12.0 Å². The summed E-state index contributed by atoms with van der Waals surface area (Å²) in [6.07, 6.45) is 4.88. The molecule has 2 atom stereocenters. The molecule has 1 saturated carbocycles. The SMILES string of the molecule is Cc1cc(C(=O)O)cc(-c2ccc(C3CC34CCN(C(=O)[C@H]3CCCO3)CC4)cc2)c1Cl. The van der Waals surface area contributed by atoms with Crippen LogP contribution in [0.2, 0.25) is 5.02 Å². The molecule has 2 heterocycles. The van der Waals surface area contributed by atoms with Gasteiger partial charge >= 0.3 is 5.97 Å². The lowest BCUT2D eigenvalue weighted by atomic mass is 9.88. The second-order valence-electron chi connectivity index (χ2n) is 9.53. The number of amides is 1. The summed E-state index contributed by atoms with van der Waals surface area (Å²) in [6, 6.07) is 11.6. The number of carboxylic acid groups (broad SMARTS) is 1. The van der Waals surface area contributed by atoms with E-state index in [2.05, 4.69) is 12.1 Å². The van der Waals surface area contributed by atoms with Crippen molar-refractivity contribution < 1.29 is 19.4 Å². The van der Waals surface area contributed by atoms with Crippen LogP contribution in [0.4, 0.5) is 0 Å². The fraction of sp³-hybridized carbons (Fsp3) is 0.462. The van der Waals surface area contributed by atoms with Gasteiger partial charge in [0, 0.05) is 25.3 Å². The molecule has 3 fully saturated rings. The summed E-state index contributed by atoms with van der Waals surface area (Å²) in [5.41, 5.74) is 4.31. The van der Waals surface area contributed by atoms with E-state index < -0.39 is 5.97 Å². The van der Waals surface area contributed by atoms with Crippen molar-refractivity contribution in [2.75, 3.05) is 19.7 Å². The predicted molar refractivity (Wildman–Crippen MR) is 123 cm³/mol. The van der Waals surface area contributed by atoms with Gasteiger partial charge in [0.25, 0.3) is 5.91 Å². The minimum atomic E-state index is -0.952. The fourth-order valence-corrected chi connectivity index (χ4v) is 5.74. The van der Waals surface area contributed by atoms with Crippen LogP contribution in [0.15, 0.2) is 36.4 Å². The maximum absolute atomic E-state index is 12.6. The van der Waals surface area contributed by atoms with Crippen LogP contribution < -0.4 is 0 Å². The number of nitrogens with zero attached hydrogens (tertiary/aromatic N) is 1. The first kappa shape index (κ1) is 21.5. The predicted octanol–water partition coefficient (Wildman–Crippen LogP) is 5.29. The van der Waals surface area contributed by atoms with Crippen LogP contribution in [0.3, 0.4) is 0 Å². The lowest BCUT2D eigenvalue weighted by Gasteiger charge is -2.34. The van der Waals surface area contributed by atoms with E-state index in [1.807, 2.05) is 24.0 Å². The summed E-state index contributed by atoms with van der Waals surface area (Å²) in [7, 11) is 0. The topological polar surface area (TPSA) is 66.8 Å². The molecule has 2 aromatic carbocycles. The summed E-state index contributed by atoms with van der Waals surface area (Å²) in [5, 5.41) is 9.97. The number of aryl methyl sites for hydroxylation is 1.